The summed E-state index contributed by atoms with van der Waals surface area (Å²) in [6.45, 7) is 6.46. The molecule has 15 heavy (non-hydrogen) atoms. The molecule has 0 radical (unpaired) electrons. The molecule has 0 aliphatic heterocycles. The van der Waals surface area contributed by atoms with Crippen LogP contribution < -0.4 is 5.73 Å². The fourth-order valence-electron chi connectivity index (χ4n) is 1.56. The number of hydrogen-bond donors (Lipinski definition) is 1. The predicted molar refractivity (Wildman–Crippen MR) is 64.1 cm³/mol. The second-order valence-corrected chi connectivity index (χ2v) is 4.54. The lowest BCUT2D eigenvalue weighted by atomic mass is 9.95. The number of ether oxygens (including phenoxy) is 1. The molecular weight excluding hydrogens is 210 g/mol. The van der Waals surface area contributed by atoms with Crippen molar-refractivity contribution >= 4 is 11.6 Å². The molecule has 0 aromatic heterocycles. The van der Waals surface area contributed by atoms with Gasteiger partial charge in [-0.1, -0.05) is 23.7 Å². The summed E-state index contributed by atoms with van der Waals surface area (Å²) < 4.78 is 5.84. The minimum Gasteiger partial charge on any atom is -0.367 e. The molecule has 1 aromatic rings. The molecule has 2 nitrogen and oxygen atoms in total. The molecule has 1 aromatic carbocycles. The van der Waals surface area contributed by atoms with Gasteiger partial charge in [0.1, 0.15) is 5.60 Å². The summed E-state index contributed by atoms with van der Waals surface area (Å²) in [5.41, 5.74) is 6.39. The number of hydrogen-bond acceptors (Lipinski definition) is 2. The average Bonchev–Trinajstić information content (AvgIpc) is 2.17. The van der Waals surface area contributed by atoms with Gasteiger partial charge in [0, 0.05) is 11.6 Å². The van der Waals surface area contributed by atoms with Gasteiger partial charge in [0.25, 0.3) is 0 Å². The zero-order valence-corrected chi connectivity index (χ0v) is 10.2. The van der Waals surface area contributed by atoms with Gasteiger partial charge < -0.3 is 10.5 Å². The highest BCUT2D eigenvalue weighted by Crippen LogP contribution is 2.26. The highest BCUT2D eigenvalue weighted by molar-refractivity contribution is 6.30. The van der Waals surface area contributed by atoms with Crippen LogP contribution in [-0.4, -0.2) is 12.6 Å². The van der Waals surface area contributed by atoms with Crippen molar-refractivity contribution in [2.24, 2.45) is 5.73 Å². The maximum atomic E-state index is 5.84. The Morgan fingerprint density at radius 1 is 1.33 bits per heavy atom. The van der Waals surface area contributed by atoms with Gasteiger partial charge in [-0.3, -0.25) is 0 Å². The summed E-state index contributed by atoms with van der Waals surface area (Å²) in [6, 6.07) is 7.62. The molecule has 3 heteroatoms. The summed E-state index contributed by atoms with van der Waals surface area (Å²) in [5.74, 6) is 0. The smallest absolute Gasteiger partial charge is 0.103 e. The van der Waals surface area contributed by atoms with Crippen LogP contribution in [-0.2, 0) is 10.3 Å². The van der Waals surface area contributed by atoms with E-state index in [2.05, 4.69) is 0 Å². The summed E-state index contributed by atoms with van der Waals surface area (Å²) in [5, 5.41) is 0.725. The Labute approximate surface area is 96.4 Å². The van der Waals surface area contributed by atoms with Crippen LogP contribution in [0.25, 0.3) is 0 Å². The van der Waals surface area contributed by atoms with Gasteiger partial charge in [-0.25, -0.2) is 0 Å². The van der Waals surface area contributed by atoms with E-state index < -0.39 is 5.60 Å². The van der Waals surface area contributed by atoms with Crippen LogP contribution in [0.1, 0.15) is 26.3 Å². The number of benzene rings is 1. The first kappa shape index (κ1) is 12.5. The van der Waals surface area contributed by atoms with Crippen LogP contribution >= 0.6 is 11.6 Å². The van der Waals surface area contributed by atoms with Gasteiger partial charge in [0.15, 0.2) is 0 Å². The molecule has 0 saturated carbocycles. The summed E-state index contributed by atoms with van der Waals surface area (Å²) in [7, 11) is 0. The van der Waals surface area contributed by atoms with Crippen LogP contribution in [0.4, 0.5) is 0 Å². The molecule has 1 atom stereocenters. The third-order valence-electron chi connectivity index (χ3n) is 2.34. The molecule has 0 spiro atoms. The van der Waals surface area contributed by atoms with Gasteiger partial charge in [0.05, 0.1) is 6.10 Å². The predicted octanol–water partition coefficient (Wildman–Crippen LogP) is 2.94. The van der Waals surface area contributed by atoms with E-state index in [0.29, 0.717) is 6.54 Å². The average molecular weight is 228 g/mol. The topological polar surface area (TPSA) is 35.2 Å². The Balaban J connectivity index is 2.95. The largest absolute Gasteiger partial charge is 0.367 e. The quantitative estimate of drug-likeness (QED) is 0.859. The van der Waals surface area contributed by atoms with Crippen LogP contribution in [0.2, 0.25) is 5.02 Å². The SMILES string of the molecule is CC(C)OC(C)(CN)c1ccc(Cl)cc1. The fraction of sp³-hybridized carbons (Fsp3) is 0.500. The van der Waals surface area contributed by atoms with Crippen molar-refractivity contribution in [3.63, 3.8) is 0 Å². The third-order valence-corrected chi connectivity index (χ3v) is 2.59. The van der Waals surface area contributed by atoms with Crippen molar-refractivity contribution in [1.82, 2.24) is 0 Å². The number of halogens is 1. The normalized spacial score (nSPS) is 15.3. The van der Waals surface area contributed by atoms with E-state index in [-0.39, 0.29) is 6.10 Å². The van der Waals surface area contributed by atoms with E-state index in [1.54, 1.807) is 0 Å². The first-order valence-corrected chi connectivity index (χ1v) is 5.49. The summed E-state index contributed by atoms with van der Waals surface area (Å²) in [4.78, 5) is 0. The minimum atomic E-state index is -0.432. The lowest BCUT2D eigenvalue weighted by Gasteiger charge is -2.31. The molecule has 84 valence electrons. The Morgan fingerprint density at radius 3 is 2.27 bits per heavy atom. The molecule has 2 N–H and O–H groups in total. The molecule has 0 heterocycles. The molecule has 0 aliphatic rings. The standard InChI is InChI=1S/C12H18ClNO/c1-9(2)15-12(3,8-14)10-4-6-11(13)7-5-10/h4-7,9H,8,14H2,1-3H3. The molecule has 0 bridgehead atoms. The van der Waals surface area contributed by atoms with E-state index in [0.717, 1.165) is 10.6 Å². The first-order valence-electron chi connectivity index (χ1n) is 5.12. The Hall–Kier alpha value is -0.570. The number of nitrogens with two attached hydrogens (primary N) is 1. The first-order chi connectivity index (χ1) is 6.98. The van der Waals surface area contributed by atoms with Crippen molar-refractivity contribution in [3.05, 3.63) is 34.9 Å². The lowest BCUT2D eigenvalue weighted by Crippen LogP contribution is -2.37. The third kappa shape index (κ3) is 3.20. The van der Waals surface area contributed by atoms with Gasteiger partial charge in [-0.05, 0) is 38.5 Å². The molecule has 1 unspecified atom stereocenters. The zero-order valence-electron chi connectivity index (χ0n) is 9.46. The molecule has 1 rings (SSSR count). The molecular formula is C12H18ClNO. The van der Waals surface area contributed by atoms with Gasteiger partial charge in [-0.2, -0.15) is 0 Å². The summed E-state index contributed by atoms with van der Waals surface area (Å²) >= 11 is 5.84. The number of rotatable bonds is 4. The molecule has 0 amide bonds. The molecule has 0 fully saturated rings. The van der Waals surface area contributed by atoms with Crippen LogP contribution in [0.15, 0.2) is 24.3 Å². The van der Waals surface area contributed by atoms with Crippen LogP contribution in [0, 0.1) is 0 Å². The Kier molecular flexibility index (Phi) is 4.14. The van der Waals surface area contributed by atoms with Crippen molar-refractivity contribution in [2.45, 2.75) is 32.5 Å². The van der Waals surface area contributed by atoms with E-state index in [4.69, 9.17) is 22.1 Å². The van der Waals surface area contributed by atoms with Gasteiger partial charge in [-0.15, -0.1) is 0 Å². The van der Waals surface area contributed by atoms with Crippen molar-refractivity contribution < 1.29 is 4.74 Å². The van der Waals surface area contributed by atoms with E-state index >= 15 is 0 Å². The Bertz CT molecular complexity index is 310. The van der Waals surface area contributed by atoms with Crippen molar-refractivity contribution in [3.8, 4) is 0 Å². The maximum Gasteiger partial charge on any atom is 0.103 e. The van der Waals surface area contributed by atoms with Gasteiger partial charge in [0.2, 0.25) is 0 Å². The Morgan fingerprint density at radius 2 is 1.87 bits per heavy atom. The molecule has 0 saturated heterocycles. The van der Waals surface area contributed by atoms with Crippen molar-refractivity contribution in [1.29, 1.82) is 0 Å². The minimum absolute atomic E-state index is 0.147. The van der Waals surface area contributed by atoms with E-state index in [1.807, 2.05) is 45.0 Å². The highest BCUT2D eigenvalue weighted by atomic mass is 35.5. The van der Waals surface area contributed by atoms with Crippen LogP contribution in [0.3, 0.4) is 0 Å². The van der Waals surface area contributed by atoms with Crippen LogP contribution in [0.5, 0.6) is 0 Å². The van der Waals surface area contributed by atoms with E-state index in [9.17, 15) is 0 Å². The van der Waals surface area contributed by atoms with E-state index in [1.165, 1.54) is 0 Å². The lowest BCUT2D eigenvalue weighted by molar-refractivity contribution is -0.0665. The van der Waals surface area contributed by atoms with Gasteiger partial charge >= 0.3 is 0 Å². The monoisotopic (exact) mass is 227 g/mol. The fourth-order valence-corrected chi connectivity index (χ4v) is 1.68. The summed E-state index contributed by atoms with van der Waals surface area (Å²) in [6.07, 6.45) is 0.147. The second-order valence-electron chi connectivity index (χ2n) is 4.11. The molecule has 0 aliphatic carbocycles. The highest BCUT2D eigenvalue weighted by Gasteiger charge is 2.26. The second kappa shape index (κ2) is 4.97. The zero-order chi connectivity index (χ0) is 11.5. The maximum absolute atomic E-state index is 5.84. The van der Waals surface area contributed by atoms with Crippen molar-refractivity contribution in [2.75, 3.05) is 6.54 Å².